The number of alkyl halides is 3. The summed E-state index contributed by atoms with van der Waals surface area (Å²) in [6.45, 7) is 6.06. The van der Waals surface area contributed by atoms with Crippen LogP contribution in [0, 0.1) is 24.7 Å². The topological polar surface area (TPSA) is 61.4 Å². The van der Waals surface area contributed by atoms with Gasteiger partial charge in [-0.15, -0.1) is 5.92 Å². The van der Waals surface area contributed by atoms with Crippen LogP contribution in [0.1, 0.15) is 102 Å². The van der Waals surface area contributed by atoms with Gasteiger partial charge in [0.2, 0.25) is 0 Å². The van der Waals surface area contributed by atoms with E-state index in [0.717, 1.165) is 75.8 Å². The number of anilines is 1. The number of allylic oxidation sites excluding steroid dienone is 4. The minimum absolute atomic E-state index is 0.0864. The molecule has 0 radical (unpaired) electrons. The van der Waals surface area contributed by atoms with E-state index in [0.29, 0.717) is 18.2 Å². The van der Waals surface area contributed by atoms with E-state index in [1.54, 1.807) is 0 Å². The number of aldehydes is 1. The number of likely N-dealkylation sites (tertiary alicyclic amines) is 1. The number of urea groups is 1. The zero-order valence-corrected chi connectivity index (χ0v) is 26.3. The van der Waals surface area contributed by atoms with E-state index < -0.39 is 11.7 Å². The summed E-state index contributed by atoms with van der Waals surface area (Å²) < 4.78 is 39.5. The van der Waals surface area contributed by atoms with Gasteiger partial charge in [0.15, 0.2) is 0 Å². The zero-order chi connectivity index (χ0) is 31.7. The van der Waals surface area contributed by atoms with Gasteiger partial charge >= 0.3 is 12.2 Å². The number of nitrogens with one attached hydrogen (secondary N) is 2. The molecular weight excluding hydrogens is 563 g/mol. The van der Waals surface area contributed by atoms with Crippen molar-refractivity contribution < 1.29 is 22.8 Å². The average Bonchev–Trinajstić information content (AvgIpc) is 3.40. The first kappa shape index (κ1) is 33.4. The molecular formula is C36H46F3N3O2. The summed E-state index contributed by atoms with van der Waals surface area (Å²) in [5.41, 5.74) is 5.03. The molecule has 5 nitrogen and oxygen atoms in total. The smallest absolute Gasteiger partial charge is 0.370 e. The monoisotopic (exact) mass is 609 g/mol. The second-order valence-electron chi connectivity index (χ2n) is 12.4. The molecule has 1 aromatic rings. The van der Waals surface area contributed by atoms with E-state index in [1.165, 1.54) is 55.0 Å². The van der Waals surface area contributed by atoms with E-state index in [1.807, 2.05) is 11.8 Å². The molecule has 2 N–H and O–H groups in total. The molecule has 44 heavy (non-hydrogen) atoms. The normalized spacial score (nSPS) is 20.9. The highest BCUT2D eigenvalue weighted by atomic mass is 19.4. The molecule has 8 heteroatoms. The first-order valence-corrected chi connectivity index (χ1v) is 16.1. The number of hydrogen-bond donors (Lipinski definition) is 2. The Morgan fingerprint density at radius 1 is 1.02 bits per heavy atom. The van der Waals surface area contributed by atoms with E-state index in [9.17, 15) is 22.8 Å². The Balaban J connectivity index is 0.000000657. The summed E-state index contributed by atoms with van der Waals surface area (Å²) in [4.78, 5) is 24.9. The number of rotatable bonds is 7. The quantitative estimate of drug-likeness (QED) is 0.240. The van der Waals surface area contributed by atoms with Gasteiger partial charge in [-0.3, -0.25) is 0 Å². The van der Waals surface area contributed by atoms with Gasteiger partial charge in [0.05, 0.1) is 11.6 Å². The lowest BCUT2D eigenvalue weighted by atomic mass is 9.87. The van der Waals surface area contributed by atoms with Gasteiger partial charge in [0, 0.05) is 23.8 Å². The Morgan fingerprint density at radius 2 is 1.77 bits per heavy atom. The molecule has 1 saturated heterocycles. The molecule has 1 aliphatic heterocycles. The van der Waals surface area contributed by atoms with Crippen LogP contribution in [0.2, 0.25) is 0 Å². The number of benzene rings is 1. The highest BCUT2D eigenvalue weighted by Gasteiger charge is 2.35. The SMILES string of the molecule is CC#CC(/C=C\C1=C(C)CCCC1)NC(=C1CCC1)[C@H]1CCCN1C(=O)Nc1ccc(C(F)(F)F)c(C)c1.O=CC1CCC1. The van der Waals surface area contributed by atoms with E-state index in [-0.39, 0.29) is 23.7 Å². The molecule has 3 aliphatic carbocycles. The molecule has 238 valence electrons. The molecule has 1 aromatic carbocycles. The van der Waals surface area contributed by atoms with Gasteiger partial charge < -0.3 is 20.3 Å². The van der Waals surface area contributed by atoms with Crippen molar-refractivity contribution >= 4 is 18.0 Å². The van der Waals surface area contributed by atoms with Crippen molar-refractivity contribution in [2.75, 3.05) is 11.9 Å². The zero-order valence-electron chi connectivity index (χ0n) is 26.3. The van der Waals surface area contributed by atoms with Crippen molar-refractivity contribution in [3.8, 4) is 11.8 Å². The third-order valence-corrected chi connectivity index (χ3v) is 9.21. The molecule has 5 rings (SSSR count). The molecule has 0 spiro atoms. The number of nitrogens with zero attached hydrogens (tertiary/aromatic N) is 1. The largest absolute Gasteiger partial charge is 0.416 e. The number of carbonyl (C=O) groups excluding carboxylic acids is 2. The maximum atomic E-state index is 13.3. The number of carbonyl (C=O) groups is 2. The van der Waals surface area contributed by atoms with Crippen molar-refractivity contribution in [2.24, 2.45) is 5.92 Å². The molecule has 2 saturated carbocycles. The van der Waals surface area contributed by atoms with Crippen LogP contribution in [0.5, 0.6) is 0 Å². The van der Waals surface area contributed by atoms with Crippen LogP contribution in [-0.4, -0.2) is 35.8 Å². The Hall–Kier alpha value is -3.47. The molecule has 1 heterocycles. The van der Waals surface area contributed by atoms with Gasteiger partial charge in [-0.1, -0.05) is 24.0 Å². The average molecular weight is 610 g/mol. The van der Waals surface area contributed by atoms with Crippen LogP contribution in [0.15, 0.2) is 52.8 Å². The summed E-state index contributed by atoms with van der Waals surface area (Å²) in [5, 5.41) is 6.52. The van der Waals surface area contributed by atoms with E-state index in [2.05, 4.69) is 41.6 Å². The summed E-state index contributed by atoms with van der Waals surface area (Å²) in [6, 6.07) is 3.18. The first-order chi connectivity index (χ1) is 21.1. The second-order valence-corrected chi connectivity index (χ2v) is 12.4. The van der Waals surface area contributed by atoms with Gasteiger partial charge in [-0.25, -0.2) is 4.79 Å². The number of amides is 2. The minimum atomic E-state index is -4.42. The molecule has 0 aromatic heterocycles. The van der Waals surface area contributed by atoms with Crippen molar-refractivity contribution in [1.82, 2.24) is 10.2 Å². The minimum Gasteiger partial charge on any atom is -0.370 e. The highest BCUT2D eigenvalue weighted by Crippen LogP contribution is 2.36. The number of hydrogen-bond acceptors (Lipinski definition) is 3. The summed E-state index contributed by atoms with van der Waals surface area (Å²) in [6.07, 6.45) is 14.1. The standard InChI is InChI=1S/C31H38F3N3O.C5H8O/c1-4-9-25(16-15-23-11-6-5-10-21(23)2)35-29(24-12-7-13-24)28-14-8-19-37(28)30(38)36-26-17-18-27(22(3)20-26)31(32,33)34;6-4-5-2-1-3-5/h15-18,20,25,28,35H,5-8,10-14,19H2,1-3H3,(H,36,38);4-5H,1-3H2/b16-15-;/t25?,28-;/m1./s1. The van der Waals surface area contributed by atoms with Crippen molar-refractivity contribution in [1.29, 1.82) is 0 Å². The highest BCUT2D eigenvalue weighted by molar-refractivity contribution is 5.90. The molecule has 0 bridgehead atoms. The van der Waals surface area contributed by atoms with Crippen LogP contribution in [-0.2, 0) is 11.0 Å². The van der Waals surface area contributed by atoms with Crippen molar-refractivity contribution in [3.63, 3.8) is 0 Å². The predicted octanol–water partition coefficient (Wildman–Crippen LogP) is 8.86. The Labute approximate surface area is 260 Å². The molecule has 1 unspecified atom stereocenters. The number of halogens is 3. The Kier molecular flexibility index (Phi) is 11.8. The summed E-state index contributed by atoms with van der Waals surface area (Å²) in [5.74, 6) is 6.77. The fourth-order valence-corrected chi connectivity index (χ4v) is 6.17. The van der Waals surface area contributed by atoms with Gasteiger partial charge in [-0.05, 0) is 132 Å². The first-order valence-electron chi connectivity index (χ1n) is 16.1. The predicted molar refractivity (Wildman–Crippen MR) is 170 cm³/mol. The summed E-state index contributed by atoms with van der Waals surface area (Å²) in [7, 11) is 0. The summed E-state index contributed by atoms with van der Waals surface area (Å²) >= 11 is 0. The lowest BCUT2D eigenvalue weighted by Gasteiger charge is -2.33. The van der Waals surface area contributed by atoms with Crippen LogP contribution >= 0.6 is 0 Å². The molecule has 2 amide bonds. The molecule has 3 fully saturated rings. The Bertz CT molecular complexity index is 1340. The van der Waals surface area contributed by atoms with Crippen LogP contribution < -0.4 is 10.6 Å². The van der Waals surface area contributed by atoms with Crippen LogP contribution in [0.4, 0.5) is 23.7 Å². The van der Waals surface area contributed by atoms with E-state index in [4.69, 9.17) is 0 Å². The van der Waals surface area contributed by atoms with Crippen LogP contribution in [0.3, 0.4) is 0 Å². The fraction of sp³-hybridized carbons (Fsp3) is 0.556. The third-order valence-electron chi connectivity index (χ3n) is 9.21. The van der Waals surface area contributed by atoms with E-state index >= 15 is 0 Å². The maximum Gasteiger partial charge on any atom is 0.416 e. The lowest BCUT2D eigenvalue weighted by Crippen LogP contribution is -2.45. The second kappa shape index (κ2) is 15.5. The molecule has 2 atom stereocenters. The van der Waals surface area contributed by atoms with Crippen LogP contribution in [0.25, 0.3) is 0 Å². The molecule has 4 aliphatic rings. The van der Waals surface area contributed by atoms with Gasteiger partial charge in [0.25, 0.3) is 0 Å². The fourth-order valence-electron chi connectivity index (χ4n) is 6.17. The van der Waals surface area contributed by atoms with Gasteiger partial charge in [0.1, 0.15) is 12.3 Å². The third kappa shape index (κ3) is 8.80. The number of aryl methyl sites for hydroxylation is 1. The Morgan fingerprint density at radius 3 is 2.32 bits per heavy atom. The van der Waals surface area contributed by atoms with Crippen molar-refractivity contribution in [2.45, 2.75) is 116 Å². The van der Waals surface area contributed by atoms with Crippen molar-refractivity contribution in [3.05, 3.63) is 63.9 Å². The lowest BCUT2D eigenvalue weighted by molar-refractivity contribution is -0.138. The van der Waals surface area contributed by atoms with Gasteiger partial charge in [-0.2, -0.15) is 13.2 Å². The maximum absolute atomic E-state index is 13.3.